The molecule has 2 atom stereocenters. The zero-order chi connectivity index (χ0) is 24.2. The maximum Gasteiger partial charge on any atom is 0.326 e. The lowest BCUT2D eigenvalue weighted by atomic mass is 10.1. The lowest BCUT2D eigenvalue weighted by Crippen LogP contribution is -2.74. The summed E-state index contributed by atoms with van der Waals surface area (Å²) >= 11 is 0. The summed E-state index contributed by atoms with van der Waals surface area (Å²) in [6.07, 6.45) is -0.605. The van der Waals surface area contributed by atoms with Crippen LogP contribution in [0.5, 0.6) is 0 Å². The van der Waals surface area contributed by atoms with E-state index in [1.54, 1.807) is 12.1 Å². The van der Waals surface area contributed by atoms with Crippen molar-refractivity contribution in [3.63, 3.8) is 0 Å². The second-order valence-electron chi connectivity index (χ2n) is 7.85. The van der Waals surface area contributed by atoms with Crippen LogP contribution in [0.2, 0.25) is 0 Å². The molecule has 13 nitrogen and oxygen atoms in total. The molecule has 0 fully saturated rings. The van der Waals surface area contributed by atoms with Crippen LogP contribution >= 0.6 is 0 Å². The summed E-state index contributed by atoms with van der Waals surface area (Å²) in [6, 6.07) is 4.88. The highest BCUT2D eigenvalue weighted by molar-refractivity contribution is 5.97. The van der Waals surface area contributed by atoms with Crippen molar-refractivity contribution in [1.29, 1.82) is 0 Å². The van der Waals surface area contributed by atoms with Crippen LogP contribution in [0.15, 0.2) is 35.8 Å². The first-order valence-electron chi connectivity index (χ1n) is 10.3. The fraction of sp³-hybridized carbons (Fsp3) is 0.400. The van der Waals surface area contributed by atoms with E-state index in [9.17, 15) is 24.3 Å². The Hall–Kier alpha value is -4.00. The van der Waals surface area contributed by atoms with Gasteiger partial charge in [-0.3, -0.25) is 20.1 Å². The SMILES string of the molecule is CN1CCNC2=C1C(=O)NC(N)(CNc1ccc(C(=O)N[C@@H](CCC(=O)O)C(=O)O)cc1)N2. The molecule has 1 unspecified atom stereocenters. The first-order chi connectivity index (χ1) is 15.6. The van der Waals surface area contributed by atoms with E-state index >= 15 is 0 Å². The molecule has 0 aromatic heterocycles. The van der Waals surface area contributed by atoms with E-state index < -0.39 is 29.7 Å². The van der Waals surface area contributed by atoms with Gasteiger partial charge in [-0.25, -0.2) is 4.79 Å². The Balaban J connectivity index is 1.58. The maximum atomic E-state index is 12.5. The monoisotopic (exact) mass is 461 g/mol. The van der Waals surface area contributed by atoms with Crippen molar-refractivity contribution in [3.05, 3.63) is 41.3 Å². The number of hydrogen-bond acceptors (Lipinski definition) is 9. The number of amides is 2. The Morgan fingerprint density at radius 1 is 1.21 bits per heavy atom. The van der Waals surface area contributed by atoms with E-state index in [0.29, 0.717) is 30.3 Å². The van der Waals surface area contributed by atoms with Gasteiger partial charge in [0, 0.05) is 37.8 Å². The quantitative estimate of drug-likeness (QED) is 0.206. The number of likely N-dealkylation sites (N-methyl/N-ethyl adjacent to an activating group) is 1. The molecule has 0 bridgehead atoms. The van der Waals surface area contributed by atoms with Crippen molar-refractivity contribution in [1.82, 2.24) is 26.2 Å². The molecule has 0 spiro atoms. The van der Waals surface area contributed by atoms with Gasteiger partial charge in [0.1, 0.15) is 17.6 Å². The summed E-state index contributed by atoms with van der Waals surface area (Å²) in [4.78, 5) is 48.6. The molecule has 2 amide bonds. The number of carboxylic acid groups (broad SMARTS) is 2. The van der Waals surface area contributed by atoms with Crippen molar-refractivity contribution < 1.29 is 29.4 Å². The van der Waals surface area contributed by atoms with Crippen molar-refractivity contribution in [2.24, 2.45) is 5.73 Å². The molecule has 1 aromatic rings. The number of hydrogen-bond donors (Lipinski definition) is 8. The number of carbonyl (C=O) groups is 4. The third kappa shape index (κ3) is 5.83. The minimum Gasteiger partial charge on any atom is -0.481 e. The number of nitrogens with zero attached hydrogens (tertiary/aromatic N) is 1. The second kappa shape index (κ2) is 9.65. The number of carboxylic acids is 2. The highest BCUT2D eigenvalue weighted by Gasteiger charge is 2.38. The number of rotatable bonds is 9. The average molecular weight is 461 g/mol. The lowest BCUT2D eigenvalue weighted by Gasteiger charge is -2.42. The number of aliphatic carboxylic acids is 2. The first-order valence-corrected chi connectivity index (χ1v) is 10.3. The van der Waals surface area contributed by atoms with E-state index in [1.165, 1.54) is 12.1 Å². The topological polar surface area (TPSA) is 198 Å². The van der Waals surface area contributed by atoms with Gasteiger partial charge in [0.2, 0.25) is 0 Å². The predicted molar refractivity (Wildman–Crippen MR) is 117 cm³/mol. The molecule has 2 aliphatic heterocycles. The molecule has 2 aliphatic rings. The first kappa shape index (κ1) is 23.7. The summed E-state index contributed by atoms with van der Waals surface area (Å²) in [5.41, 5.74) is 7.61. The smallest absolute Gasteiger partial charge is 0.326 e. The molecule has 0 radical (unpaired) electrons. The van der Waals surface area contributed by atoms with Gasteiger partial charge in [-0.15, -0.1) is 0 Å². The Morgan fingerprint density at radius 2 is 1.91 bits per heavy atom. The van der Waals surface area contributed by atoms with Crippen LogP contribution < -0.4 is 32.3 Å². The van der Waals surface area contributed by atoms with Crippen molar-refractivity contribution in [2.45, 2.75) is 24.7 Å². The third-order valence-electron chi connectivity index (χ3n) is 5.24. The fourth-order valence-electron chi connectivity index (χ4n) is 3.48. The summed E-state index contributed by atoms with van der Waals surface area (Å²) in [6.45, 7) is 1.49. The van der Waals surface area contributed by atoms with Gasteiger partial charge < -0.3 is 41.7 Å². The third-order valence-corrected chi connectivity index (χ3v) is 5.24. The number of carbonyl (C=O) groups excluding carboxylic acids is 2. The van der Waals surface area contributed by atoms with Gasteiger partial charge >= 0.3 is 11.9 Å². The lowest BCUT2D eigenvalue weighted by molar-refractivity contribution is -0.140. The Bertz CT molecular complexity index is 980. The normalized spacial score (nSPS) is 20.5. The van der Waals surface area contributed by atoms with E-state index in [2.05, 4.69) is 26.6 Å². The Kier molecular flexibility index (Phi) is 6.92. The molecule has 178 valence electrons. The predicted octanol–water partition coefficient (Wildman–Crippen LogP) is -1.82. The Morgan fingerprint density at radius 3 is 2.55 bits per heavy atom. The van der Waals surface area contributed by atoms with Gasteiger partial charge in [-0.05, 0) is 30.7 Å². The summed E-state index contributed by atoms with van der Waals surface area (Å²) in [5, 5.41) is 32.3. The fourth-order valence-corrected chi connectivity index (χ4v) is 3.48. The van der Waals surface area contributed by atoms with Gasteiger partial charge in [-0.1, -0.05) is 0 Å². The zero-order valence-corrected chi connectivity index (χ0v) is 18.0. The molecule has 3 rings (SSSR count). The van der Waals surface area contributed by atoms with Gasteiger partial charge in [0.05, 0.1) is 6.54 Å². The van der Waals surface area contributed by atoms with Crippen LogP contribution in [0.25, 0.3) is 0 Å². The van der Waals surface area contributed by atoms with Crippen molar-refractivity contribution in [2.75, 3.05) is 32.0 Å². The standard InChI is InChI=1S/C20H27N7O6/c1-27-9-8-22-16-15(27)18(31)26-20(21,25-16)10-23-12-4-2-11(3-5-12)17(30)24-13(19(32)33)6-7-14(28)29/h2-5,13,22-23,25H,6-10,21H2,1H3,(H,24,30)(H,26,31)(H,28,29)(H,32,33)/t13-,20?/m0/s1. The molecule has 33 heavy (non-hydrogen) atoms. The minimum absolute atomic E-state index is 0.128. The van der Waals surface area contributed by atoms with E-state index in [-0.39, 0.29) is 30.9 Å². The van der Waals surface area contributed by atoms with E-state index in [0.717, 1.165) is 0 Å². The molecule has 0 saturated carbocycles. The molecule has 1 aromatic carbocycles. The van der Waals surface area contributed by atoms with Gasteiger partial charge in [0.15, 0.2) is 5.79 Å². The summed E-state index contributed by atoms with van der Waals surface area (Å²) in [5.74, 6) is -4.09. The summed E-state index contributed by atoms with van der Waals surface area (Å²) in [7, 11) is 1.82. The van der Waals surface area contributed by atoms with Crippen LogP contribution in [-0.4, -0.2) is 77.4 Å². The highest BCUT2D eigenvalue weighted by Crippen LogP contribution is 2.17. The number of nitrogens with two attached hydrogens (primary N) is 1. The number of benzene rings is 1. The van der Waals surface area contributed by atoms with Gasteiger partial charge in [-0.2, -0.15) is 0 Å². The van der Waals surface area contributed by atoms with E-state index in [1.807, 2.05) is 11.9 Å². The maximum absolute atomic E-state index is 12.5. The molecule has 0 aliphatic carbocycles. The molecule has 9 N–H and O–H groups in total. The van der Waals surface area contributed by atoms with Crippen molar-refractivity contribution in [3.8, 4) is 0 Å². The molecule has 2 heterocycles. The number of nitrogens with one attached hydrogen (secondary N) is 5. The average Bonchev–Trinajstić information content (AvgIpc) is 2.74. The molecular weight excluding hydrogens is 434 g/mol. The second-order valence-corrected chi connectivity index (χ2v) is 7.85. The van der Waals surface area contributed by atoms with Crippen LogP contribution in [0.3, 0.4) is 0 Å². The van der Waals surface area contributed by atoms with Crippen LogP contribution in [0.1, 0.15) is 23.2 Å². The minimum atomic E-state index is -1.31. The highest BCUT2D eigenvalue weighted by atomic mass is 16.4. The summed E-state index contributed by atoms with van der Waals surface area (Å²) < 4.78 is 0. The van der Waals surface area contributed by atoms with Crippen LogP contribution in [-0.2, 0) is 14.4 Å². The van der Waals surface area contributed by atoms with E-state index in [4.69, 9.17) is 10.8 Å². The zero-order valence-electron chi connectivity index (χ0n) is 18.0. The number of anilines is 1. The molecular formula is C20H27N7O6. The molecule has 13 heteroatoms. The Labute approximate surface area is 189 Å². The molecule has 0 saturated heterocycles. The van der Waals surface area contributed by atoms with Gasteiger partial charge in [0.25, 0.3) is 11.8 Å². The van der Waals surface area contributed by atoms with Crippen LogP contribution in [0, 0.1) is 0 Å². The largest absolute Gasteiger partial charge is 0.481 e. The van der Waals surface area contributed by atoms with Crippen LogP contribution in [0.4, 0.5) is 5.69 Å². The van der Waals surface area contributed by atoms with Crippen molar-refractivity contribution >= 4 is 29.4 Å².